The Hall–Kier alpha value is -1.84. The number of pyridine rings is 1. The monoisotopic (exact) mass is 223 g/mol. The molecule has 0 saturated carbocycles. The van der Waals surface area contributed by atoms with Crippen LogP contribution in [0.1, 0.15) is 5.56 Å². The summed E-state index contributed by atoms with van der Waals surface area (Å²) < 4.78 is 37.4. The van der Waals surface area contributed by atoms with Crippen LogP contribution in [-0.2, 0) is 6.18 Å². The number of nitrogens with zero attached hydrogens (tertiary/aromatic N) is 1. The largest absolute Gasteiger partial charge is 0.416 e. The predicted molar refractivity (Wildman–Crippen MR) is 54.7 cm³/mol. The average Bonchev–Trinajstić information content (AvgIpc) is 2.29. The summed E-state index contributed by atoms with van der Waals surface area (Å²) >= 11 is 0. The summed E-state index contributed by atoms with van der Waals surface area (Å²) in [6.45, 7) is 0. The molecule has 0 aliphatic carbocycles. The third-order valence-corrected chi connectivity index (χ3v) is 2.15. The molecule has 0 radical (unpaired) electrons. The molecule has 0 unspecified atom stereocenters. The van der Waals surface area contributed by atoms with Crippen LogP contribution >= 0.6 is 0 Å². The molecular weight excluding hydrogens is 215 g/mol. The number of rotatable bonds is 1. The first-order valence-corrected chi connectivity index (χ1v) is 4.66. The lowest BCUT2D eigenvalue weighted by molar-refractivity contribution is -0.137. The van der Waals surface area contributed by atoms with Crippen LogP contribution in [0.4, 0.5) is 13.2 Å². The third kappa shape index (κ3) is 2.21. The molecule has 4 heteroatoms. The van der Waals surface area contributed by atoms with E-state index in [4.69, 9.17) is 0 Å². The van der Waals surface area contributed by atoms with E-state index in [1.54, 1.807) is 30.5 Å². The maximum atomic E-state index is 12.5. The second kappa shape index (κ2) is 3.96. The Labute approximate surface area is 90.6 Å². The van der Waals surface area contributed by atoms with E-state index in [0.29, 0.717) is 11.3 Å². The van der Waals surface area contributed by atoms with Crippen molar-refractivity contribution in [3.63, 3.8) is 0 Å². The zero-order chi connectivity index (χ0) is 11.6. The Morgan fingerprint density at radius 3 is 2.38 bits per heavy atom. The van der Waals surface area contributed by atoms with Crippen LogP contribution in [-0.4, -0.2) is 4.98 Å². The van der Waals surface area contributed by atoms with E-state index in [0.717, 1.165) is 12.1 Å². The molecule has 1 aromatic carbocycles. The highest BCUT2D eigenvalue weighted by molar-refractivity contribution is 5.59. The molecule has 0 bridgehead atoms. The molecule has 0 aliphatic heterocycles. The fraction of sp³-hybridized carbons (Fsp3) is 0.0833. The fourth-order valence-electron chi connectivity index (χ4n) is 1.39. The molecule has 1 aromatic heterocycles. The molecule has 16 heavy (non-hydrogen) atoms. The lowest BCUT2D eigenvalue weighted by Crippen LogP contribution is -2.04. The van der Waals surface area contributed by atoms with E-state index in [1.165, 1.54) is 6.07 Å². The molecule has 0 amide bonds. The van der Waals surface area contributed by atoms with Crippen molar-refractivity contribution in [2.45, 2.75) is 6.18 Å². The molecule has 1 nitrogen and oxygen atoms in total. The van der Waals surface area contributed by atoms with Crippen LogP contribution in [0.2, 0.25) is 0 Å². The summed E-state index contributed by atoms with van der Waals surface area (Å²) in [6, 6.07) is 10.3. The average molecular weight is 223 g/mol. The summed E-state index contributed by atoms with van der Waals surface area (Å²) in [7, 11) is 0. The van der Waals surface area contributed by atoms with Gasteiger partial charge in [-0.25, -0.2) is 0 Å². The van der Waals surface area contributed by atoms with Gasteiger partial charge in [-0.1, -0.05) is 18.2 Å². The summed E-state index contributed by atoms with van der Waals surface area (Å²) in [4.78, 5) is 4.00. The Morgan fingerprint density at radius 2 is 1.75 bits per heavy atom. The molecule has 0 spiro atoms. The van der Waals surface area contributed by atoms with E-state index >= 15 is 0 Å². The topological polar surface area (TPSA) is 12.9 Å². The van der Waals surface area contributed by atoms with Gasteiger partial charge in [0.1, 0.15) is 0 Å². The van der Waals surface area contributed by atoms with Gasteiger partial charge >= 0.3 is 6.18 Å². The van der Waals surface area contributed by atoms with Gasteiger partial charge < -0.3 is 0 Å². The van der Waals surface area contributed by atoms with Crippen molar-refractivity contribution in [2.75, 3.05) is 0 Å². The van der Waals surface area contributed by atoms with E-state index < -0.39 is 11.7 Å². The van der Waals surface area contributed by atoms with Crippen molar-refractivity contribution in [1.82, 2.24) is 4.98 Å². The molecule has 0 aliphatic rings. The quantitative estimate of drug-likeness (QED) is 0.717. The highest BCUT2D eigenvalue weighted by Gasteiger charge is 2.30. The van der Waals surface area contributed by atoms with Crippen molar-refractivity contribution in [3.05, 3.63) is 54.2 Å². The van der Waals surface area contributed by atoms with Crippen molar-refractivity contribution in [2.24, 2.45) is 0 Å². The molecule has 0 N–H and O–H groups in total. The molecule has 82 valence electrons. The number of benzene rings is 1. The van der Waals surface area contributed by atoms with E-state index in [1.807, 2.05) is 0 Å². The lowest BCUT2D eigenvalue weighted by Gasteiger charge is -2.08. The van der Waals surface area contributed by atoms with Crippen LogP contribution < -0.4 is 0 Å². The van der Waals surface area contributed by atoms with Gasteiger partial charge in [-0.3, -0.25) is 4.98 Å². The predicted octanol–water partition coefficient (Wildman–Crippen LogP) is 3.77. The Bertz CT molecular complexity index is 477. The van der Waals surface area contributed by atoms with Gasteiger partial charge in [0.25, 0.3) is 0 Å². The first-order chi connectivity index (χ1) is 7.57. The van der Waals surface area contributed by atoms with Crippen molar-refractivity contribution < 1.29 is 13.2 Å². The van der Waals surface area contributed by atoms with Gasteiger partial charge in [0.05, 0.1) is 11.3 Å². The maximum absolute atomic E-state index is 12.5. The number of hydrogen-bond acceptors (Lipinski definition) is 1. The summed E-state index contributed by atoms with van der Waals surface area (Å²) in [6.07, 6.45) is -2.76. The van der Waals surface area contributed by atoms with E-state index in [9.17, 15) is 13.2 Å². The molecular formula is C12H8F3N. The fourth-order valence-corrected chi connectivity index (χ4v) is 1.39. The SMILES string of the molecule is FC(F)(F)c1cccc(-c2ccccn2)c1. The highest BCUT2D eigenvalue weighted by atomic mass is 19.4. The summed E-state index contributed by atoms with van der Waals surface area (Å²) in [5, 5.41) is 0. The van der Waals surface area contributed by atoms with Gasteiger partial charge in [0.2, 0.25) is 0 Å². The van der Waals surface area contributed by atoms with Gasteiger partial charge in [-0.2, -0.15) is 13.2 Å². The number of hydrogen-bond donors (Lipinski definition) is 0. The van der Waals surface area contributed by atoms with Crippen LogP contribution in [0.25, 0.3) is 11.3 Å². The summed E-state index contributed by atoms with van der Waals surface area (Å²) in [5.41, 5.74) is 0.347. The van der Waals surface area contributed by atoms with Crippen LogP contribution in [0.3, 0.4) is 0 Å². The van der Waals surface area contributed by atoms with Crippen LogP contribution in [0.5, 0.6) is 0 Å². The van der Waals surface area contributed by atoms with Crippen molar-refractivity contribution in [1.29, 1.82) is 0 Å². The first-order valence-electron chi connectivity index (χ1n) is 4.66. The second-order valence-corrected chi connectivity index (χ2v) is 3.29. The zero-order valence-electron chi connectivity index (χ0n) is 8.20. The molecule has 2 rings (SSSR count). The minimum absolute atomic E-state index is 0.468. The number of aromatic nitrogens is 1. The molecule has 0 atom stereocenters. The molecule has 0 fully saturated rings. The minimum atomic E-state index is -4.31. The minimum Gasteiger partial charge on any atom is -0.256 e. The normalized spacial score (nSPS) is 11.4. The smallest absolute Gasteiger partial charge is 0.256 e. The van der Waals surface area contributed by atoms with Gasteiger partial charge in [-0.05, 0) is 24.3 Å². The highest BCUT2D eigenvalue weighted by Crippen LogP contribution is 2.31. The van der Waals surface area contributed by atoms with E-state index in [-0.39, 0.29) is 0 Å². The van der Waals surface area contributed by atoms with Crippen LogP contribution in [0.15, 0.2) is 48.7 Å². The van der Waals surface area contributed by atoms with Crippen LogP contribution in [0, 0.1) is 0 Å². The van der Waals surface area contributed by atoms with Gasteiger partial charge in [0.15, 0.2) is 0 Å². The summed E-state index contributed by atoms with van der Waals surface area (Å²) in [5.74, 6) is 0. The first kappa shape index (κ1) is 10.7. The Balaban J connectivity index is 2.45. The number of halogens is 3. The second-order valence-electron chi connectivity index (χ2n) is 3.29. The van der Waals surface area contributed by atoms with Gasteiger partial charge in [-0.15, -0.1) is 0 Å². The third-order valence-electron chi connectivity index (χ3n) is 2.15. The van der Waals surface area contributed by atoms with E-state index in [2.05, 4.69) is 4.98 Å². The standard InChI is InChI=1S/C12H8F3N/c13-12(14,15)10-5-3-4-9(8-10)11-6-1-2-7-16-11/h1-8H. The lowest BCUT2D eigenvalue weighted by atomic mass is 10.1. The van der Waals surface area contributed by atoms with Gasteiger partial charge in [0, 0.05) is 11.8 Å². The maximum Gasteiger partial charge on any atom is 0.416 e. The zero-order valence-corrected chi connectivity index (χ0v) is 8.20. The van der Waals surface area contributed by atoms with Crippen molar-refractivity contribution in [3.8, 4) is 11.3 Å². The molecule has 2 aromatic rings. The Morgan fingerprint density at radius 1 is 0.938 bits per heavy atom. The molecule has 0 saturated heterocycles. The molecule has 1 heterocycles. The Kier molecular flexibility index (Phi) is 2.64. The number of alkyl halides is 3. The van der Waals surface area contributed by atoms with Crippen molar-refractivity contribution >= 4 is 0 Å².